The van der Waals surface area contributed by atoms with E-state index in [1.807, 2.05) is 13.0 Å². The van der Waals surface area contributed by atoms with Crippen LogP contribution in [0.5, 0.6) is 0 Å². The summed E-state index contributed by atoms with van der Waals surface area (Å²) in [4.78, 5) is 10.4. The fourth-order valence-corrected chi connectivity index (χ4v) is 2.09. The molecule has 0 bridgehead atoms. The van der Waals surface area contributed by atoms with Crippen LogP contribution < -0.4 is 10.6 Å². The van der Waals surface area contributed by atoms with Crippen LogP contribution in [-0.4, -0.2) is 40.3 Å². The Bertz CT molecular complexity index is 371. The molecule has 1 unspecified atom stereocenters. The third-order valence-electron chi connectivity index (χ3n) is 3.05. The number of anilines is 1. The first-order chi connectivity index (χ1) is 7.63. The minimum Gasteiger partial charge on any atom is -0.387 e. The lowest BCUT2D eigenvalue weighted by Crippen LogP contribution is -2.52. The number of piperidine rings is 1. The van der Waals surface area contributed by atoms with Crippen molar-refractivity contribution in [2.75, 3.05) is 24.5 Å². The van der Waals surface area contributed by atoms with E-state index in [9.17, 15) is 5.11 Å². The third-order valence-corrected chi connectivity index (χ3v) is 3.05. The Morgan fingerprint density at radius 1 is 1.56 bits per heavy atom. The van der Waals surface area contributed by atoms with Crippen molar-refractivity contribution >= 4 is 5.82 Å². The fourth-order valence-electron chi connectivity index (χ4n) is 2.09. The molecule has 1 fully saturated rings. The summed E-state index contributed by atoms with van der Waals surface area (Å²) in [5.74, 6) is 0.874. The molecule has 16 heavy (non-hydrogen) atoms. The molecule has 0 saturated carbocycles. The number of hydrogen-bond donors (Lipinski definition) is 2. The standard InChI is InChI=1S/C11H18N4O/c1-9-5-10(14-8-13-9)15-4-2-3-11(16,6-12)7-15/h5,8,16H,2-4,6-7,12H2,1H3. The van der Waals surface area contributed by atoms with Crippen molar-refractivity contribution in [2.45, 2.75) is 25.4 Å². The van der Waals surface area contributed by atoms with E-state index in [4.69, 9.17) is 5.73 Å². The van der Waals surface area contributed by atoms with Gasteiger partial charge in [0.25, 0.3) is 0 Å². The van der Waals surface area contributed by atoms with E-state index in [0.29, 0.717) is 13.1 Å². The van der Waals surface area contributed by atoms with Gasteiger partial charge in [-0.25, -0.2) is 9.97 Å². The number of nitrogens with zero attached hydrogens (tertiary/aromatic N) is 3. The van der Waals surface area contributed by atoms with Crippen molar-refractivity contribution in [3.8, 4) is 0 Å². The van der Waals surface area contributed by atoms with Crippen molar-refractivity contribution < 1.29 is 5.11 Å². The lowest BCUT2D eigenvalue weighted by atomic mass is 9.93. The zero-order chi connectivity index (χ0) is 11.6. The predicted molar refractivity (Wildman–Crippen MR) is 62.2 cm³/mol. The second kappa shape index (κ2) is 4.35. The maximum absolute atomic E-state index is 10.2. The Labute approximate surface area is 95.3 Å². The maximum atomic E-state index is 10.2. The van der Waals surface area contributed by atoms with Gasteiger partial charge in [-0.15, -0.1) is 0 Å². The minimum absolute atomic E-state index is 0.299. The summed E-state index contributed by atoms with van der Waals surface area (Å²) in [5, 5.41) is 10.2. The Morgan fingerprint density at radius 3 is 3.06 bits per heavy atom. The van der Waals surface area contributed by atoms with Crippen LogP contribution in [0.2, 0.25) is 0 Å². The molecule has 5 nitrogen and oxygen atoms in total. The highest BCUT2D eigenvalue weighted by molar-refractivity contribution is 5.40. The Balaban J connectivity index is 2.16. The molecule has 0 aromatic carbocycles. The molecule has 1 aliphatic heterocycles. The van der Waals surface area contributed by atoms with Crippen LogP contribution in [0.25, 0.3) is 0 Å². The number of hydrogen-bond acceptors (Lipinski definition) is 5. The molecule has 3 N–H and O–H groups in total. The molecule has 88 valence electrons. The van der Waals surface area contributed by atoms with Crippen LogP contribution in [0.4, 0.5) is 5.82 Å². The fraction of sp³-hybridized carbons (Fsp3) is 0.636. The van der Waals surface area contributed by atoms with Crippen molar-refractivity contribution in [3.05, 3.63) is 18.1 Å². The molecule has 1 aliphatic rings. The predicted octanol–water partition coefficient (Wildman–Crippen LogP) is 0.0750. The summed E-state index contributed by atoms with van der Waals surface area (Å²) in [6.45, 7) is 3.70. The number of rotatable bonds is 2. The highest BCUT2D eigenvalue weighted by Gasteiger charge is 2.32. The van der Waals surface area contributed by atoms with Crippen LogP contribution in [-0.2, 0) is 0 Å². The van der Waals surface area contributed by atoms with E-state index < -0.39 is 5.60 Å². The van der Waals surface area contributed by atoms with Gasteiger partial charge < -0.3 is 15.7 Å². The lowest BCUT2D eigenvalue weighted by Gasteiger charge is -2.39. The molecule has 0 amide bonds. The second-order valence-corrected chi connectivity index (χ2v) is 4.47. The smallest absolute Gasteiger partial charge is 0.132 e. The van der Waals surface area contributed by atoms with Gasteiger partial charge in [0.1, 0.15) is 12.1 Å². The second-order valence-electron chi connectivity index (χ2n) is 4.47. The van der Waals surface area contributed by atoms with Crippen molar-refractivity contribution in [1.29, 1.82) is 0 Å². The van der Waals surface area contributed by atoms with Gasteiger partial charge in [0.05, 0.1) is 5.60 Å². The Morgan fingerprint density at radius 2 is 2.38 bits per heavy atom. The molecule has 1 aromatic rings. The van der Waals surface area contributed by atoms with Gasteiger partial charge in [-0.05, 0) is 19.8 Å². The average molecular weight is 222 g/mol. The van der Waals surface area contributed by atoms with E-state index in [1.54, 1.807) is 6.33 Å². The molecule has 0 spiro atoms. The molecule has 5 heteroatoms. The zero-order valence-corrected chi connectivity index (χ0v) is 9.56. The minimum atomic E-state index is -0.767. The SMILES string of the molecule is Cc1cc(N2CCCC(O)(CN)C2)ncn1. The van der Waals surface area contributed by atoms with Crippen LogP contribution in [0, 0.1) is 6.92 Å². The van der Waals surface area contributed by atoms with Crippen molar-refractivity contribution in [3.63, 3.8) is 0 Å². The quantitative estimate of drug-likeness (QED) is 0.741. The number of β-amino-alcohol motifs (C(OH)–C–C–N with tert-alkyl or cyclic N) is 1. The van der Waals surface area contributed by atoms with E-state index in [-0.39, 0.29) is 0 Å². The van der Waals surface area contributed by atoms with Gasteiger partial charge in [0.2, 0.25) is 0 Å². The van der Waals surface area contributed by atoms with Gasteiger partial charge in [-0.1, -0.05) is 0 Å². The molecule has 2 rings (SSSR count). The van der Waals surface area contributed by atoms with Crippen molar-refractivity contribution in [1.82, 2.24) is 9.97 Å². The van der Waals surface area contributed by atoms with Crippen LogP contribution in [0.1, 0.15) is 18.5 Å². The monoisotopic (exact) mass is 222 g/mol. The topological polar surface area (TPSA) is 75.3 Å². The first-order valence-electron chi connectivity index (χ1n) is 5.59. The van der Waals surface area contributed by atoms with Crippen molar-refractivity contribution in [2.24, 2.45) is 5.73 Å². The molecule has 2 heterocycles. The van der Waals surface area contributed by atoms with Gasteiger partial charge in [0, 0.05) is 31.4 Å². The Hall–Kier alpha value is -1.20. The largest absolute Gasteiger partial charge is 0.387 e. The molecule has 1 saturated heterocycles. The molecule has 0 radical (unpaired) electrons. The number of aromatic nitrogens is 2. The summed E-state index contributed by atoms with van der Waals surface area (Å²) in [6.07, 6.45) is 3.27. The molecule has 1 aromatic heterocycles. The maximum Gasteiger partial charge on any atom is 0.132 e. The summed E-state index contributed by atoms with van der Waals surface area (Å²) in [6, 6.07) is 1.93. The third kappa shape index (κ3) is 2.31. The summed E-state index contributed by atoms with van der Waals surface area (Å²) in [5.41, 5.74) is 5.77. The van der Waals surface area contributed by atoms with E-state index in [1.165, 1.54) is 0 Å². The van der Waals surface area contributed by atoms with E-state index in [2.05, 4.69) is 14.9 Å². The highest BCUT2D eigenvalue weighted by atomic mass is 16.3. The zero-order valence-electron chi connectivity index (χ0n) is 9.56. The molecular formula is C11H18N4O. The van der Waals surface area contributed by atoms with Gasteiger partial charge in [0.15, 0.2) is 0 Å². The molecule has 0 aliphatic carbocycles. The van der Waals surface area contributed by atoms with Crippen LogP contribution >= 0.6 is 0 Å². The molecule has 1 atom stereocenters. The summed E-state index contributed by atoms with van der Waals surface area (Å²) in [7, 11) is 0. The van der Waals surface area contributed by atoms with Gasteiger partial charge in [-0.3, -0.25) is 0 Å². The van der Waals surface area contributed by atoms with Gasteiger partial charge in [-0.2, -0.15) is 0 Å². The number of aliphatic hydroxyl groups is 1. The van der Waals surface area contributed by atoms with Crippen LogP contribution in [0.3, 0.4) is 0 Å². The Kier molecular flexibility index (Phi) is 3.07. The summed E-state index contributed by atoms with van der Waals surface area (Å²) >= 11 is 0. The van der Waals surface area contributed by atoms with E-state index >= 15 is 0 Å². The van der Waals surface area contributed by atoms with Crippen LogP contribution in [0.15, 0.2) is 12.4 Å². The average Bonchev–Trinajstić information content (AvgIpc) is 2.29. The first-order valence-corrected chi connectivity index (χ1v) is 5.59. The van der Waals surface area contributed by atoms with E-state index in [0.717, 1.165) is 30.9 Å². The normalized spacial score (nSPS) is 25.8. The number of nitrogens with two attached hydrogens (primary N) is 1. The number of aryl methyl sites for hydroxylation is 1. The lowest BCUT2D eigenvalue weighted by molar-refractivity contribution is 0.0345. The highest BCUT2D eigenvalue weighted by Crippen LogP contribution is 2.23. The summed E-state index contributed by atoms with van der Waals surface area (Å²) < 4.78 is 0. The molecular weight excluding hydrogens is 204 g/mol. The first kappa shape index (κ1) is 11.3. The van der Waals surface area contributed by atoms with Gasteiger partial charge >= 0.3 is 0 Å².